The van der Waals surface area contributed by atoms with Crippen LogP contribution < -0.4 is 10.6 Å². The van der Waals surface area contributed by atoms with Gasteiger partial charge in [0, 0.05) is 31.0 Å². The highest BCUT2D eigenvalue weighted by molar-refractivity contribution is 5.78. The Morgan fingerprint density at radius 3 is 1.94 bits per heavy atom. The highest BCUT2D eigenvalue weighted by atomic mass is 16.5. The van der Waals surface area contributed by atoms with Gasteiger partial charge in [-0.2, -0.15) is 5.26 Å². The Bertz CT molecular complexity index is 1570. The van der Waals surface area contributed by atoms with Crippen LogP contribution in [0.1, 0.15) is 101 Å². The van der Waals surface area contributed by atoms with E-state index in [9.17, 15) is 20.0 Å². The van der Waals surface area contributed by atoms with Crippen LogP contribution in [-0.4, -0.2) is 65.4 Å². The van der Waals surface area contributed by atoms with Gasteiger partial charge < -0.3 is 20.5 Å². The topological polar surface area (TPSA) is 115 Å². The number of ether oxygens (including phenoxy) is 1. The second-order valence-corrected chi connectivity index (χ2v) is 15.8. The number of rotatable bonds is 14. The van der Waals surface area contributed by atoms with Crippen molar-refractivity contribution in [3.63, 3.8) is 0 Å². The molecule has 3 fully saturated rings. The van der Waals surface area contributed by atoms with E-state index in [-0.39, 0.29) is 36.7 Å². The molecule has 6 rings (SSSR count). The second kappa shape index (κ2) is 17.6. The first kappa shape index (κ1) is 37.6. The van der Waals surface area contributed by atoms with E-state index in [2.05, 4.69) is 35.5 Å². The zero-order valence-electron chi connectivity index (χ0n) is 30.8. The molecule has 52 heavy (non-hydrogen) atoms. The van der Waals surface area contributed by atoms with Gasteiger partial charge in [0.1, 0.15) is 17.4 Å². The van der Waals surface area contributed by atoms with E-state index in [1.165, 1.54) is 0 Å². The maximum atomic E-state index is 13.7. The molecular weight excluding hydrogens is 649 g/mol. The number of hydrogen-bond donors (Lipinski definition) is 3. The Hall–Kier alpha value is -4.19. The molecule has 0 aromatic heterocycles. The summed E-state index contributed by atoms with van der Waals surface area (Å²) in [6, 6.07) is 32.2. The van der Waals surface area contributed by atoms with E-state index >= 15 is 0 Å². The summed E-state index contributed by atoms with van der Waals surface area (Å²) in [5, 5.41) is 27.4. The smallest absolute Gasteiger partial charge is 0.316 e. The predicted octanol–water partition coefficient (Wildman–Crippen LogP) is 7.47. The fourth-order valence-corrected chi connectivity index (χ4v) is 9.24. The van der Waals surface area contributed by atoms with Gasteiger partial charge in [0.25, 0.3) is 0 Å². The summed E-state index contributed by atoms with van der Waals surface area (Å²) in [5.41, 5.74) is 1.53. The zero-order valence-corrected chi connectivity index (χ0v) is 30.8. The molecule has 3 aliphatic rings. The van der Waals surface area contributed by atoms with Gasteiger partial charge in [0.05, 0.1) is 18.7 Å². The van der Waals surface area contributed by atoms with Crippen LogP contribution in [-0.2, 0) is 14.9 Å². The first-order chi connectivity index (χ1) is 25.3. The van der Waals surface area contributed by atoms with E-state index in [4.69, 9.17) is 4.74 Å². The van der Waals surface area contributed by atoms with Crippen LogP contribution in [0.2, 0.25) is 0 Å². The van der Waals surface area contributed by atoms with Crippen molar-refractivity contribution >= 4 is 12.0 Å². The van der Waals surface area contributed by atoms with E-state index in [0.717, 1.165) is 81.0 Å². The van der Waals surface area contributed by atoms with Crippen molar-refractivity contribution in [1.82, 2.24) is 15.5 Å². The van der Waals surface area contributed by atoms with Crippen LogP contribution in [0, 0.1) is 23.2 Å². The number of carbonyl (C=O) groups excluding carboxylic acids is 2. The lowest BCUT2D eigenvalue weighted by Gasteiger charge is -2.40. The molecule has 276 valence electrons. The van der Waals surface area contributed by atoms with Crippen LogP contribution in [0.25, 0.3) is 0 Å². The van der Waals surface area contributed by atoms with Gasteiger partial charge in [-0.15, -0.1) is 0 Å². The summed E-state index contributed by atoms with van der Waals surface area (Å²) in [5.74, 6) is -0.0555. The summed E-state index contributed by atoms with van der Waals surface area (Å²) in [7, 11) is 0. The number of piperidine rings is 1. The molecule has 3 aromatic rings. The summed E-state index contributed by atoms with van der Waals surface area (Å²) in [4.78, 5) is 29.3. The lowest BCUT2D eigenvalue weighted by atomic mass is 9.68. The van der Waals surface area contributed by atoms with Gasteiger partial charge in [0.15, 0.2) is 0 Å². The van der Waals surface area contributed by atoms with Gasteiger partial charge in [-0.1, -0.05) is 105 Å². The molecule has 1 unspecified atom stereocenters. The Morgan fingerprint density at radius 1 is 0.865 bits per heavy atom. The minimum absolute atomic E-state index is 0.0921. The molecule has 2 heterocycles. The lowest BCUT2D eigenvalue weighted by Crippen LogP contribution is -2.55. The van der Waals surface area contributed by atoms with E-state index < -0.39 is 17.4 Å². The molecule has 0 radical (unpaired) electrons. The van der Waals surface area contributed by atoms with Crippen LogP contribution >= 0.6 is 0 Å². The third kappa shape index (κ3) is 8.70. The molecule has 2 bridgehead atoms. The fourth-order valence-electron chi connectivity index (χ4n) is 9.24. The molecule has 8 heteroatoms. The normalized spacial score (nSPS) is 24.4. The molecule has 0 spiro atoms. The Kier molecular flexibility index (Phi) is 12.7. The Labute approximate surface area is 309 Å². The van der Waals surface area contributed by atoms with Crippen molar-refractivity contribution < 1.29 is 19.4 Å². The van der Waals surface area contributed by atoms with Gasteiger partial charge in [-0.05, 0) is 86.4 Å². The molecule has 2 amide bonds. The first-order valence-corrected chi connectivity index (χ1v) is 19.5. The summed E-state index contributed by atoms with van der Waals surface area (Å²) >= 11 is 0. The van der Waals surface area contributed by atoms with Crippen LogP contribution in [0.5, 0.6) is 0 Å². The number of urea groups is 1. The minimum Gasteiger partial charge on any atom is -0.462 e. The fraction of sp³-hybridized carbons (Fsp3) is 0.523. The monoisotopic (exact) mass is 704 g/mol. The number of nitrogens with zero attached hydrogens (tertiary/aromatic N) is 2. The molecular formula is C44H56N4O4. The number of aliphatic hydroxyl groups is 1. The van der Waals surface area contributed by atoms with Crippen molar-refractivity contribution in [3.8, 4) is 6.07 Å². The minimum atomic E-state index is -1.03. The molecule has 3 N–H and O–H groups in total. The van der Waals surface area contributed by atoms with Crippen molar-refractivity contribution in [1.29, 1.82) is 5.26 Å². The number of fused-ring (bicyclic) bond motifs is 2. The molecule has 1 aliphatic carbocycles. The third-order valence-corrected chi connectivity index (χ3v) is 11.9. The Morgan fingerprint density at radius 2 is 1.42 bits per heavy atom. The highest BCUT2D eigenvalue weighted by Gasteiger charge is 2.45. The van der Waals surface area contributed by atoms with Gasteiger partial charge >= 0.3 is 12.0 Å². The number of benzene rings is 3. The lowest BCUT2D eigenvalue weighted by molar-refractivity contribution is -0.155. The number of nitriles is 1. The predicted molar refractivity (Wildman–Crippen MR) is 203 cm³/mol. The molecule has 2 aliphatic heterocycles. The quantitative estimate of drug-likeness (QED) is 0.150. The number of amides is 2. The van der Waals surface area contributed by atoms with Gasteiger partial charge in [0.2, 0.25) is 0 Å². The van der Waals surface area contributed by atoms with E-state index in [0.29, 0.717) is 24.4 Å². The molecule has 3 aromatic carbocycles. The van der Waals surface area contributed by atoms with Crippen LogP contribution in [0.4, 0.5) is 4.79 Å². The molecule has 8 nitrogen and oxygen atoms in total. The first-order valence-electron chi connectivity index (χ1n) is 19.5. The SMILES string of the molecule is CC(C)C[C@H](NC(=O)N[C@H]1CC[C@H](CCN2[C@H]3CC[C@H]2CC(OC(=O)C(CO)c2ccccc2)C3)CC1)C(C#N)(c1ccccc1)c1ccccc1. The van der Waals surface area contributed by atoms with Crippen molar-refractivity contribution in [2.75, 3.05) is 13.2 Å². The van der Waals surface area contributed by atoms with Crippen molar-refractivity contribution in [2.45, 2.75) is 120 Å². The largest absolute Gasteiger partial charge is 0.462 e. The number of esters is 1. The highest BCUT2D eigenvalue weighted by Crippen LogP contribution is 2.40. The van der Waals surface area contributed by atoms with E-state index in [1.54, 1.807) is 0 Å². The summed E-state index contributed by atoms with van der Waals surface area (Å²) < 4.78 is 6.00. The molecule has 1 saturated carbocycles. The third-order valence-electron chi connectivity index (χ3n) is 11.9. The standard InChI is InChI=1S/C44H56N4O4/c1-31(2)26-41(44(30-45,34-14-8-4-9-15-34)35-16-10-5-11-17-35)47-43(51)46-36-20-18-32(19-21-36)24-25-48-37-22-23-38(48)28-39(27-37)52-42(50)40(29-49)33-12-6-3-7-13-33/h3-17,31-32,36-41,49H,18-29H2,1-2H3,(H2,46,47,51)/t32-,36-,37-,38-,40?,41-/m0/s1. The summed E-state index contributed by atoms with van der Waals surface area (Å²) in [6.45, 7) is 5.08. The maximum Gasteiger partial charge on any atom is 0.316 e. The molecule has 2 saturated heterocycles. The number of nitrogens with one attached hydrogen (secondary N) is 2. The number of carbonyl (C=O) groups is 2. The van der Waals surface area contributed by atoms with Crippen LogP contribution in [0.3, 0.4) is 0 Å². The summed E-state index contributed by atoms with van der Waals surface area (Å²) in [6.07, 6.45) is 9.80. The van der Waals surface area contributed by atoms with Gasteiger partial charge in [-0.25, -0.2) is 4.79 Å². The average Bonchev–Trinajstić information content (AvgIpc) is 3.40. The Balaban J connectivity index is 0.990. The number of hydrogen-bond acceptors (Lipinski definition) is 6. The molecule has 4 atom stereocenters. The van der Waals surface area contributed by atoms with E-state index in [1.807, 2.05) is 91.0 Å². The maximum absolute atomic E-state index is 13.7. The van der Waals surface area contributed by atoms with Gasteiger partial charge in [-0.3, -0.25) is 9.69 Å². The van der Waals surface area contributed by atoms with Crippen molar-refractivity contribution in [3.05, 3.63) is 108 Å². The zero-order chi connectivity index (χ0) is 36.5. The van der Waals surface area contributed by atoms with Crippen molar-refractivity contribution in [2.24, 2.45) is 11.8 Å². The number of aliphatic hydroxyl groups excluding tert-OH is 1. The second-order valence-electron chi connectivity index (χ2n) is 15.8. The average molecular weight is 705 g/mol. The van der Waals surface area contributed by atoms with Crippen LogP contribution in [0.15, 0.2) is 91.0 Å².